The smallest absolute Gasteiger partial charge is 0.254 e. The molecule has 1 fully saturated rings. The van der Waals surface area contributed by atoms with Crippen molar-refractivity contribution in [3.8, 4) is 11.8 Å². The third-order valence-electron chi connectivity index (χ3n) is 3.96. The molecule has 2 N–H and O–H groups in total. The minimum absolute atomic E-state index is 0.0505. The third-order valence-corrected chi connectivity index (χ3v) is 3.96. The topological polar surface area (TPSA) is 46.3 Å². The molecular formula is C17H22N2O. The lowest BCUT2D eigenvalue weighted by Crippen LogP contribution is -2.42. The van der Waals surface area contributed by atoms with E-state index in [9.17, 15) is 4.79 Å². The molecule has 0 radical (unpaired) electrons. The van der Waals surface area contributed by atoms with Gasteiger partial charge in [0.1, 0.15) is 0 Å². The molecule has 0 aromatic heterocycles. The number of carbonyl (C=O) groups excluding carboxylic acids is 1. The summed E-state index contributed by atoms with van der Waals surface area (Å²) in [7, 11) is 0. The number of likely N-dealkylation sites (tertiary alicyclic amines) is 1. The molecular weight excluding hydrogens is 248 g/mol. The lowest BCUT2D eigenvalue weighted by atomic mass is 10.00. The first-order valence-electron chi connectivity index (χ1n) is 7.07. The Labute approximate surface area is 121 Å². The molecule has 0 saturated carbocycles. The van der Waals surface area contributed by atoms with Crippen molar-refractivity contribution >= 4 is 5.91 Å². The van der Waals surface area contributed by atoms with E-state index in [4.69, 9.17) is 5.73 Å². The van der Waals surface area contributed by atoms with Crippen LogP contribution in [-0.2, 0) is 0 Å². The molecule has 2 rings (SSSR count). The van der Waals surface area contributed by atoms with Gasteiger partial charge < -0.3 is 10.6 Å². The van der Waals surface area contributed by atoms with E-state index in [0.29, 0.717) is 12.1 Å². The Morgan fingerprint density at radius 3 is 2.80 bits per heavy atom. The molecule has 1 saturated heterocycles. The second-order valence-corrected chi connectivity index (χ2v) is 5.91. The highest BCUT2D eigenvalue weighted by Gasteiger charge is 2.35. The highest BCUT2D eigenvalue weighted by Crippen LogP contribution is 2.30. The Hall–Kier alpha value is -1.79. The quantitative estimate of drug-likeness (QED) is 0.796. The van der Waals surface area contributed by atoms with Crippen LogP contribution in [0.2, 0.25) is 0 Å². The first kappa shape index (κ1) is 14.6. The minimum atomic E-state index is -0.0505. The van der Waals surface area contributed by atoms with E-state index in [0.717, 1.165) is 30.5 Å². The molecule has 3 heteroatoms. The zero-order valence-corrected chi connectivity index (χ0v) is 12.5. The average molecular weight is 270 g/mol. The summed E-state index contributed by atoms with van der Waals surface area (Å²) in [5.41, 5.74) is 8.03. The van der Waals surface area contributed by atoms with Crippen molar-refractivity contribution in [2.75, 3.05) is 13.1 Å². The highest BCUT2D eigenvalue weighted by molar-refractivity contribution is 5.95. The van der Waals surface area contributed by atoms with Gasteiger partial charge in [0.15, 0.2) is 0 Å². The molecule has 1 aromatic rings. The summed E-state index contributed by atoms with van der Waals surface area (Å²) in [6.45, 7) is 7.41. The van der Waals surface area contributed by atoms with Gasteiger partial charge in [0.25, 0.3) is 5.91 Å². The molecule has 1 aliphatic rings. The third kappa shape index (κ3) is 2.86. The van der Waals surface area contributed by atoms with Gasteiger partial charge in [-0.1, -0.05) is 17.9 Å². The van der Waals surface area contributed by atoms with Gasteiger partial charge in [-0.05, 0) is 51.3 Å². The number of carbonyl (C=O) groups is 1. The second kappa shape index (κ2) is 5.68. The van der Waals surface area contributed by atoms with E-state index in [1.807, 2.05) is 30.0 Å². The maximum Gasteiger partial charge on any atom is 0.254 e. The molecule has 20 heavy (non-hydrogen) atoms. The van der Waals surface area contributed by atoms with Gasteiger partial charge in [0.2, 0.25) is 0 Å². The van der Waals surface area contributed by atoms with E-state index >= 15 is 0 Å². The summed E-state index contributed by atoms with van der Waals surface area (Å²) in [5, 5.41) is 0. The van der Waals surface area contributed by atoms with E-state index in [1.165, 1.54) is 0 Å². The van der Waals surface area contributed by atoms with E-state index in [-0.39, 0.29) is 11.4 Å². The van der Waals surface area contributed by atoms with E-state index < -0.39 is 0 Å². The lowest BCUT2D eigenvalue weighted by Gasteiger charge is -2.31. The molecule has 0 spiro atoms. The van der Waals surface area contributed by atoms with Crippen molar-refractivity contribution < 1.29 is 4.79 Å². The molecule has 1 aliphatic heterocycles. The van der Waals surface area contributed by atoms with Crippen LogP contribution < -0.4 is 5.73 Å². The van der Waals surface area contributed by atoms with E-state index in [2.05, 4.69) is 25.7 Å². The van der Waals surface area contributed by atoms with Crippen LogP contribution >= 0.6 is 0 Å². The molecule has 0 atom stereocenters. The van der Waals surface area contributed by atoms with Crippen molar-refractivity contribution in [1.82, 2.24) is 4.90 Å². The zero-order chi connectivity index (χ0) is 14.8. The Kier molecular flexibility index (Phi) is 4.15. The molecule has 1 amide bonds. The van der Waals surface area contributed by atoms with Gasteiger partial charge in [-0.25, -0.2) is 0 Å². The van der Waals surface area contributed by atoms with Crippen LogP contribution in [0, 0.1) is 18.8 Å². The Balaban J connectivity index is 2.31. The lowest BCUT2D eigenvalue weighted by molar-refractivity contribution is 0.0652. The molecule has 3 nitrogen and oxygen atoms in total. The normalized spacial score (nSPS) is 16.7. The van der Waals surface area contributed by atoms with Crippen molar-refractivity contribution in [3.05, 3.63) is 34.9 Å². The van der Waals surface area contributed by atoms with Crippen LogP contribution in [0.15, 0.2) is 18.2 Å². The number of hydrogen-bond acceptors (Lipinski definition) is 2. The van der Waals surface area contributed by atoms with Gasteiger partial charge in [0.05, 0.1) is 6.54 Å². The van der Waals surface area contributed by atoms with Crippen LogP contribution in [0.3, 0.4) is 0 Å². The maximum atomic E-state index is 12.7. The van der Waals surface area contributed by atoms with E-state index in [1.54, 1.807) is 0 Å². The predicted molar refractivity (Wildman–Crippen MR) is 81.5 cm³/mol. The Bertz CT molecular complexity index is 578. The van der Waals surface area contributed by atoms with Crippen LogP contribution in [0.4, 0.5) is 0 Å². The summed E-state index contributed by atoms with van der Waals surface area (Å²) < 4.78 is 0. The number of nitrogens with two attached hydrogens (primary N) is 1. The summed E-state index contributed by atoms with van der Waals surface area (Å²) >= 11 is 0. The molecule has 1 aromatic carbocycles. The first-order valence-corrected chi connectivity index (χ1v) is 7.07. The SMILES string of the molecule is Cc1ccc(C(=O)N2CCCC2(C)C)cc1C#CCN. The summed E-state index contributed by atoms with van der Waals surface area (Å²) in [4.78, 5) is 14.6. The number of benzene rings is 1. The first-order chi connectivity index (χ1) is 9.45. The fourth-order valence-corrected chi connectivity index (χ4v) is 2.68. The van der Waals surface area contributed by atoms with Crippen LogP contribution in [0.1, 0.15) is 48.2 Å². The molecule has 0 aliphatic carbocycles. The van der Waals surface area contributed by atoms with Crippen molar-refractivity contribution in [3.63, 3.8) is 0 Å². The summed E-state index contributed by atoms with van der Waals surface area (Å²) in [6, 6.07) is 5.73. The number of hydrogen-bond donors (Lipinski definition) is 1. The molecule has 1 heterocycles. The average Bonchev–Trinajstić information content (AvgIpc) is 2.76. The zero-order valence-electron chi connectivity index (χ0n) is 12.5. The standard InChI is InChI=1S/C17H22N2O/c1-13-7-8-15(12-14(13)6-4-10-18)16(20)19-11-5-9-17(19,2)3/h7-8,12H,5,9-11,18H2,1-3H3. The monoisotopic (exact) mass is 270 g/mol. The summed E-state index contributed by atoms with van der Waals surface area (Å²) in [5.74, 6) is 5.98. The van der Waals surface area contributed by atoms with Gasteiger partial charge in [0, 0.05) is 23.2 Å². The van der Waals surface area contributed by atoms with Crippen molar-refractivity contribution in [2.45, 2.75) is 39.2 Å². The highest BCUT2D eigenvalue weighted by atomic mass is 16.2. The van der Waals surface area contributed by atoms with Crippen molar-refractivity contribution in [1.29, 1.82) is 0 Å². The maximum absolute atomic E-state index is 12.7. The molecule has 106 valence electrons. The van der Waals surface area contributed by atoms with Gasteiger partial charge in [-0.15, -0.1) is 0 Å². The number of amides is 1. The van der Waals surface area contributed by atoms with Crippen LogP contribution in [0.25, 0.3) is 0 Å². The van der Waals surface area contributed by atoms with Gasteiger partial charge in [-0.3, -0.25) is 4.79 Å². The number of aryl methyl sites for hydroxylation is 1. The van der Waals surface area contributed by atoms with Gasteiger partial charge in [-0.2, -0.15) is 0 Å². The predicted octanol–water partition coefficient (Wildman–Crippen LogP) is 2.32. The minimum Gasteiger partial charge on any atom is -0.334 e. The van der Waals surface area contributed by atoms with Crippen molar-refractivity contribution in [2.24, 2.45) is 5.73 Å². The molecule has 0 unspecified atom stereocenters. The number of rotatable bonds is 1. The summed E-state index contributed by atoms with van der Waals surface area (Å²) in [6.07, 6.45) is 2.13. The van der Waals surface area contributed by atoms with Gasteiger partial charge >= 0.3 is 0 Å². The Morgan fingerprint density at radius 2 is 2.20 bits per heavy atom. The fourth-order valence-electron chi connectivity index (χ4n) is 2.68. The Morgan fingerprint density at radius 1 is 1.45 bits per heavy atom. The fraction of sp³-hybridized carbons (Fsp3) is 0.471. The largest absolute Gasteiger partial charge is 0.334 e. The van der Waals surface area contributed by atoms with Crippen LogP contribution in [0.5, 0.6) is 0 Å². The molecule has 0 bridgehead atoms. The second-order valence-electron chi connectivity index (χ2n) is 5.91. The number of nitrogens with zero attached hydrogens (tertiary/aromatic N) is 1. The van der Waals surface area contributed by atoms with Crippen LogP contribution in [-0.4, -0.2) is 29.4 Å².